The molecule has 0 radical (unpaired) electrons. The van der Waals surface area contributed by atoms with Gasteiger partial charge in [-0.2, -0.15) is 0 Å². The first-order valence-corrected chi connectivity index (χ1v) is 10.3. The van der Waals surface area contributed by atoms with Crippen molar-refractivity contribution in [2.45, 2.75) is 31.9 Å². The SMILES string of the molecule is CCOP(=O)(CCc1ccccc1)CC(=O)N1CC(O)C[C@@H]1C(=O)O. The molecule has 0 aliphatic carbocycles. The minimum absolute atomic E-state index is 0.00990. The zero-order valence-corrected chi connectivity index (χ0v) is 15.1. The van der Waals surface area contributed by atoms with Gasteiger partial charge >= 0.3 is 5.97 Å². The first-order chi connectivity index (χ1) is 11.8. The molecule has 0 bridgehead atoms. The number of hydrogen-bond donors (Lipinski definition) is 2. The van der Waals surface area contributed by atoms with Crippen molar-refractivity contribution in [2.24, 2.45) is 0 Å². The highest BCUT2D eigenvalue weighted by Crippen LogP contribution is 2.47. The van der Waals surface area contributed by atoms with E-state index in [9.17, 15) is 24.4 Å². The Balaban J connectivity index is 2.05. The molecule has 25 heavy (non-hydrogen) atoms. The van der Waals surface area contributed by atoms with Gasteiger partial charge in [0, 0.05) is 19.1 Å². The zero-order valence-electron chi connectivity index (χ0n) is 14.2. The van der Waals surface area contributed by atoms with E-state index in [1.807, 2.05) is 30.3 Å². The quantitative estimate of drug-likeness (QED) is 0.675. The van der Waals surface area contributed by atoms with Crippen molar-refractivity contribution in [3.8, 4) is 0 Å². The molecule has 1 aromatic rings. The Morgan fingerprint density at radius 1 is 1.32 bits per heavy atom. The molecule has 1 aliphatic heterocycles. The molecule has 7 nitrogen and oxygen atoms in total. The third-order valence-electron chi connectivity index (χ3n) is 4.21. The molecule has 1 amide bonds. The van der Waals surface area contributed by atoms with Gasteiger partial charge in [0.05, 0.1) is 12.7 Å². The van der Waals surface area contributed by atoms with Crippen molar-refractivity contribution in [2.75, 3.05) is 25.5 Å². The number of β-amino-alcohol motifs (C(OH)–C–C–N with tert-alkyl or cyclic N) is 1. The monoisotopic (exact) mass is 369 g/mol. The molecular weight excluding hydrogens is 345 g/mol. The van der Waals surface area contributed by atoms with Gasteiger partial charge in [0.1, 0.15) is 12.2 Å². The van der Waals surface area contributed by atoms with Crippen LogP contribution in [0.15, 0.2) is 30.3 Å². The molecule has 2 unspecified atom stereocenters. The second kappa shape index (κ2) is 8.61. The fourth-order valence-corrected chi connectivity index (χ4v) is 5.03. The summed E-state index contributed by atoms with van der Waals surface area (Å²) in [7, 11) is -3.24. The van der Waals surface area contributed by atoms with Crippen molar-refractivity contribution < 1.29 is 28.9 Å². The molecule has 0 aromatic heterocycles. The lowest BCUT2D eigenvalue weighted by Gasteiger charge is -2.24. The molecule has 1 aliphatic rings. The summed E-state index contributed by atoms with van der Waals surface area (Å²) in [5.74, 6) is -1.71. The number of amides is 1. The van der Waals surface area contributed by atoms with Crippen LogP contribution in [-0.4, -0.2) is 64.6 Å². The largest absolute Gasteiger partial charge is 0.480 e. The van der Waals surface area contributed by atoms with E-state index in [1.165, 1.54) is 0 Å². The van der Waals surface area contributed by atoms with Crippen molar-refractivity contribution in [3.05, 3.63) is 35.9 Å². The molecule has 1 saturated heterocycles. The van der Waals surface area contributed by atoms with Crippen molar-refractivity contribution in [3.63, 3.8) is 0 Å². The normalized spacial score (nSPS) is 22.6. The highest BCUT2D eigenvalue weighted by atomic mass is 31.2. The molecule has 0 spiro atoms. The third-order valence-corrected chi connectivity index (χ3v) is 6.60. The summed E-state index contributed by atoms with van der Waals surface area (Å²) < 4.78 is 18.4. The van der Waals surface area contributed by atoms with E-state index in [-0.39, 0.29) is 31.9 Å². The number of aliphatic hydroxyl groups is 1. The number of benzene rings is 1. The third kappa shape index (κ3) is 5.39. The first kappa shape index (κ1) is 19.6. The first-order valence-electron chi connectivity index (χ1n) is 8.31. The Labute approximate surface area is 147 Å². The van der Waals surface area contributed by atoms with E-state index in [0.29, 0.717) is 6.42 Å². The number of hydrogen-bond acceptors (Lipinski definition) is 5. The molecular formula is C17H24NO6P. The van der Waals surface area contributed by atoms with Crippen LogP contribution in [0.2, 0.25) is 0 Å². The lowest BCUT2D eigenvalue weighted by atomic mass is 10.2. The van der Waals surface area contributed by atoms with E-state index >= 15 is 0 Å². The fourth-order valence-electron chi connectivity index (χ4n) is 2.99. The predicted octanol–water partition coefficient (Wildman–Crippen LogP) is 1.59. The van der Waals surface area contributed by atoms with Crippen LogP contribution in [-0.2, 0) is 25.1 Å². The summed E-state index contributed by atoms with van der Waals surface area (Å²) in [6, 6.07) is 8.40. The van der Waals surface area contributed by atoms with Crippen LogP contribution in [0.1, 0.15) is 18.9 Å². The number of aliphatic carboxylic acids is 1. The van der Waals surface area contributed by atoms with Gasteiger partial charge < -0.3 is 19.6 Å². The summed E-state index contributed by atoms with van der Waals surface area (Å²) in [5, 5.41) is 18.9. The molecule has 1 fully saturated rings. The predicted molar refractivity (Wildman–Crippen MR) is 92.9 cm³/mol. The van der Waals surface area contributed by atoms with Gasteiger partial charge in [-0.05, 0) is 18.9 Å². The Kier molecular flexibility index (Phi) is 6.76. The van der Waals surface area contributed by atoms with Crippen LogP contribution < -0.4 is 0 Å². The Hall–Kier alpha value is -1.69. The molecule has 1 aromatic carbocycles. The molecule has 0 saturated carbocycles. The van der Waals surface area contributed by atoms with E-state index in [1.54, 1.807) is 6.92 Å². The molecule has 3 atom stereocenters. The van der Waals surface area contributed by atoms with Crippen LogP contribution in [0.25, 0.3) is 0 Å². The van der Waals surface area contributed by atoms with Crippen LogP contribution in [0, 0.1) is 0 Å². The van der Waals surface area contributed by atoms with Crippen LogP contribution >= 0.6 is 7.37 Å². The molecule has 138 valence electrons. The number of carbonyl (C=O) groups is 2. The topological polar surface area (TPSA) is 104 Å². The van der Waals surface area contributed by atoms with Crippen molar-refractivity contribution in [1.82, 2.24) is 4.90 Å². The van der Waals surface area contributed by atoms with E-state index in [4.69, 9.17) is 4.52 Å². The summed E-state index contributed by atoms with van der Waals surface area (Å²) in [6.45, 7) is 1.87. The zero-order chi connectivity index (χ0) is 18.4. The maximum absolute atomic E-state index is 13.0. The summed E-state index contributed by atoms with van der Waals surface area (Å²) in [5.41, 5.74) is 0.995. The van der Waals surface area contributed by atoms with Gasteiger partial charge in [0.2, 0.25) is 13.3 Å². The minimum atomic E-state index is -3.24. The van der Waals surface area contributed by atoms with Crippen molar-refractivity contribution >= 4 is 19.2 Å². The van der Waals surface area contributed by atoms with Gasteiger partial charge in [0.15, 0.2) is 0 Å². The highest BCUT2D eigenvalue weighted by molar-refractivity contribution is 7.59. The lowest BCUT2D eigenvalue weighted by molar-refractivity contribution is -0.147. The van der Waals surface area contributed by atoms with Gasteiger partial charge in [-0.3, -0.25) is 9.36 Å². The van der Waals surface area contributed by atoms with Crippen LogP contribution in [0.5, 0.6) is 0 Å². The summed E-state index contributed by atoms with van der Waals surface area (Å²) in [4.78, 5) is 24.9. The maximum atomic E-state index is 13.0. The lowest BCUT2D eigenvalue weighted by Crippen LogP contribution is -2.42. The molecule has 8 heteroatoms. The van der Waals surface area contributed by atoms with Crippen LogP contribution in [0.4, 0.5) is 0 Å². The number of aryl methyl sites for hydroxylation is 1. The van der Waals surface area contributed by atoms with Gasteiger partial charge in [-0.1, -0.05) is 30.3 Å². The number of carboxylic acid groups (broad SMARTS) is 1. The number of likely N-dealkylation sites (tertiary alicyclic amines) is 1. The average Bonchev–Trinajstić information content (AvgIpc) is 2.97. The average molecular weight is 369 g/mol. The van der Waals surface area contributed by atoms with E-state index in [0.717, 1.165) is 10.5 Å². The van der Waals surface area contributed by atoms with E-state index in [2.05, 4.69) is 0 Å². The second-order valence-corrected chi connectivity index (χ2v) is 8.79. The number of carboxylic acids is 1. The minimum Gasteiger partial charge on any atom is -0.480 e. The smallest absolute Gasteiger partial charge is 0.326 e. The van der Waals surface area contributed by atoms with Gasteiger partial charge in [-0.25, -0.2) is 4.79 Å². The Bertz CT molecular complexity index is 650. The number of aliphatic hydroxyl groups excluding tert-OH is 1. The number of nitrogens with zero attached hydrogens (tertiary/aromatic N) is 1. The Morgan fingerprint density at radius 3 is 2.60 bits per heavy atom. The molecule has 1 heterocycles. The number of rotatable bonds is 8. The standard InChI is InChI=1S/C17H24NO6P/c1-2-24-25(23,9-8-13-6-4-3-5-7-13)12-16(20)18-11-14(19)10-15(18)17(21)22/h3-7,14-15,19H,2,8-12H2,1H3,(H,21,22)/t14?,15-,25?/m1/s1. The van der Waals surface area contributed by atoms with Gasteiger partial charge in [-0.15, -0.1) is 0 Å². The van der Waals surface area contributed by atoms with Crippen molar-refractivity contribution in [1.29, 1.82) is 0 Å². The van der Waals surface area contributed by atoms with Crippen LogP contribution in [0.3, 0.4) is 0 Å². The summed E-state index contributed by atoms with van der Waals surface area (Å²) >= 11 is 0. The fraction of sp³-hybridized carbons (Fsp3) is 0.529. The number of carbonyl (C=O) groups excluding carboxylic acids is 1. The molecule has 2 N–H and O–H groups in total. The van der Waals surface area contributed by atoms with E-state index < -0.39 is 31.4 Å². The second-order valence-electron chi connectivity index (χ2n) is 6.14. The highest BCUT2D eigenvalue weighted by Gasteiger charge is 2.41. The van der Waals surface area contributed by atoms with Gasteiger partial charge in [0.25, 0.3) is 0 Å². The Morgan fingerprint density at radius 2 is 2.00 bits per heavy atom. The summed E-state index contributed by atoms with van der Waals surface area (Å²) in [6.07, 6.45) is -0.504. The maximum Gasteiger partial charge on any atom is 0.326 e. The molecule has 2 rings (SSSR count).